The fourth-order valence-electron chi connectivity index (χ4n) is 1.61. The van der Waals surface area contributed by atoms with Crippen molar-refractivity contribution in [1.82, 2.24) is 9.97 Å². The summed E-state index contributed by atoms with van der Waals surface area (Å²) in [6, 6.07) is 4.95. The molecule has 94 valence electrons. The molecule has 0 saturated carbocycles. The van der Waals surface area contributed by atoms with Crippen LogP contribution in [0.4, 0.5) is 0 Å². The smallest absolute Gasteiger partial charge is 0.270 e. The highest BCUT2D eigenvalue weighted by molar-refractivity contribution is 5.78. The molecular weight excluding hydrogens is 236 g/mol. The van der Waals surface area contributed by atoms with Crippen LogP contribution in [0.1, 0.15) is 18.5 Å². The molecule has 0 spiro atoms. The number of carboxylic acids is 1. The minimum atomic E-state index is -1.33. The molecule has 0 amide bonds. The summed E-state index contributed by atoms with van der Waals surface area (Å²) >= 11 is 0. The van der Waals surface area contributed by atoms with Gasteiger partial charge in [-0.2, -0.15) is 0 Å². The van der Waals surface area contributed by atoms with Crippen LogP contribution in [0.3, 0.4) is 0 Å². The van der Waals surface area contributed by atoms with E-state index in [1.807, 2.05) is 0 Å². The summed E-state index contributed by atoms with van der Waals surface area (Å²) in [4.78, 5) is 29.1. The van der Waals surface area contributed by atoms with Crippen molar-refractivity contribution in [2.45, 2.75) is 12.8 Å². The molecule has 0 saturated heterocycles. The first-order chi connectivity index (χ1) is 8.52. The molecule has 0 aliphatic carbocycles. The Morgan fingerprint density at radius 3 is 2.83 bits per heavy atom. The van der Waals surface area contributed by atoms with Crippen LogP contribution >= 0.6 is 0 Å². The quantitative estimate of drug-likeness (QED) is 0.809. The third-order valence-electron chi connectivity index (χ3n) is 2.69. The summed E-state index contributed by atoms with van der Waals surface area (Å²) in [5.74, 6) is -1.80. The predicted molar refractivity (Wildman–Crippen MR) is 62.3 cm³/mol. The molecule has 1 aromatic heterocycles. The van der Waals surface area contributed by atoms with E-state index in [0.29, 0.717) is 16.8 Å². The van der Waals surface area contributed by atoms with Crippen molar-refractivity contribution in [3.05, 3.63) is 34.2 Å². The molecule has 2 rings (SSSR count). The lowest BCUT2D eigenvalue weighted by atomic mass is 10.1. The third kappa shape index (κ3) is 2.04. The number of H-pyrrole nitrogens is 1. The Bertz CT molecular complexity index is 663. The molecule has 6 heteroatoms. The van der Waals surface area contributed by atoms with Crippen LogP contribution in [-0.4, -0.2) is 23.0 Å². The summed E-state index contributed by atoms with van der Waals surface area (Å²) < 4.78 is 5.02. The van der Waals surface area contributed by atoms with E-state index in [2.05, 4.69) is 9.97 Å². The van der Waals surface area contributed by atoms with Crippen LogP contribution in [0.5, 0.6) is 5.75 Å². The van der Waals surface area contributed by atoms with Crippen LogP contribution in [0, 0.1) is 0 Å². The average molecular weight is 247 g/mol. The summed E-state index contributed by atoms with van der Waals surface area (Å²) in [5.41, 5.74) is 0.396. The maximum atomic E-state index is 11.7. The predicted octanol–water partition coefficient (Wildman–Crippen LogP) is -0.215. The van der Waals surface area contributed by atoms with Crippen LogP contribution < -0.4 is 15.4 Å². The van der Waals surface area contributed by atoms with Gasteiger partial charge in [0.2, 0.25) is 0 Å². The van der Waals surface area contributed by atoms with Gasteiger partial charge in [-0.1, -0.05) is 6.92 Å². The molecule has 1 heterocycles. The minimum absolute atomic E-state index is 0.0623. The van der Waals surface area contributed by atoms with Gasteiger partial charge in [0.1, 0.15) is 11.4 Å². The molecule has 0 bridgehead atoms. The fourth-order valence-corrected chi connectivity index (χ4v) is 1.61. The topological polar surface area (TPSA) is 95.1 Å². The lowest BCUT2D eigenvalue weighted by Crippen LogP contribution is -2.32. The highest BCUT2D eigenvalue weighted by atomic mass is 16.5. The number of fused-ring (bicyclic) bond motifs is 1. The number of carbonyl (C=O) groups is 1. The highest BCUT2D eigenvalue weighted by Crippen LogP contribution is 2.18. The van der Waals surface area contributed by atoms with Gasteiger partial charge in [0.05, 0.1) is 24.1 Å². The number of nitrogens with zero attached hydrogens (tertiary/aromatic N) is 1. The summed E-state index contributed by atoms with van der Waals surface area (Å²) in [5, 5.41) is 10.8. The average Bonchev–Trinajstić information content (AvgIpc) is 2.36. The van der Waals surface area contributed by atoms with Gasteiger partial charge in [0.25, 0.3) is 5.56 Å². The van der Waals surface area contributed by atoms with Crippen molar-refractivity contribution < 1.29 is 14.6 Å². The Balaban J connectivity index is 2.63. The Labute approximate surface area is 102 Å². The maximum Gasteiger partial charge on any atom is 0.270 e. The van der Waals surface area contributed by atoms with E-state index >= 15 is 0 Å². The second-order valence-corrected chi connectivity index (χ2v) is 3.87. The van der Waals surface area contributed by atoms with Crippen LogP contribution in [0.2, 0.25) is 0 Å². The lowest BCUT2D eigenvalue weighted by molar-refractivity contribution is -0.307. The number of aliphatic carboxylic acids is 1. The van der Waals surface area contributed by atoms with Gasteiger partial charge >= 0.3 is 0 Å². The van der Waals surface area contributed by atoms with Crippen LogP contribution in [0.15, 0.2) is 23.0 Å². The molecule has 0 aliphatic rings. The first-order valence-electron chi connectivity index (χ1n) is 5.31. The minimum Gasteiger partial charge on any atom is -0.549 e. The number of carbonyl (C=O) groups excluding carboxylic acids is 1. The molecule has 0 aliphatic heterocycles. The van der Waals surface area contributed by atoms with E-state index in [0.717, 1.165) is 0 Å². The van der Waals surface area contributed by atoms with Gasteiger partial charge in [0.15, 0.2) is 0 Å². The number of aromatic amines is 1. The Kier molecular flexibility index (Phi) is 3.01. The molecule has 18 heavy (non-hydrogen) atoms. The first-order valence-corrected chi connectivity index (χ1v) is 5.31. The molecular formula is C12H11N2O4-. The van der Waals surface area contributed by atoms with Crippen molar-refractivity contribution in [2.24, 2.45) is 0 Å². The molecule has 6 nitrogen and oxygen atoms in total. The molecule has 1 atom stereocenters. The van der Waals surface area contributed by atoms with Crippen LogP contribution in [0.25, 0.3) is 11.0 Å². The van der Waals surface area contributed by atoms with E-state index in [1.54, 1.807) is 18.2 Å². The number of aromatic nitrogens is 2. The molecule has 1 N–H and O–H groups in total. The van der Waals surface area contributed by atoms with Gasteiger partial charge < -0.3 is 19.6 Å². The monoisotopic (exact) mass is 247 g/mol. The Hall–Kier alpha value is -2.37. The Morgan fingerprint density at radius 1 is 1.50 bits per heavy atom. The van der Waals surface area contributed by atoms with E-state index in [-0.39, 0.29) is 5.69 Å². The number of carboxylic acid groups (broad SMARTS) is 1. The number of nitrogens with one attached hydrogen (secondary N) is 1. The van der Waals surface area contributed by atoms with Crippen molar-refractivity contribution in [3.8, 4) is 5.75 Å². The van der Waals surface area contributed by atoms with E-state index in [1.165, 1.54) is 14.0 Å². The van der Waals surface area contributed by atoms with Gasteiger partial charge in [-0.05, 0) is 12.1 Å². The molecule has 1 unspecified atom stereocenters. The van der Waals surface area contributed by atoms with Crippen molar-refractivity contribution in [2.75, 3.05) is 7.11 Å². The van der Waals surface area contributed by atoms with Crippen molar-refractivity contribution in [3.63, 3.8) is 0 Å². The second-order valence-electron chi connectivity index (χ2n) is 3.87. The van der Waals surface area contributed by atoms with E-state index in [4.69, 9.17) is 4.74 Å². The van der Waals surface area contributed by atoms with Gasteiger partial charge in [-0.15, -0.1) is 0 Å². The number of hydrogen-bond acceptors (Lipinski definition) is 5. The van der Waals surface area contributed by atoms with E-state index in [9.17, 15) is 14.7 Å². The molecule has 0 radical (unpaired) electrons. The second kappa shape index (κ2) is 4.48. The first kappa shape index (κ1) is 12.1. The van der Waals surface area contributed by atoms with Gasteiger partial charge in [0, 0.05) is 12.0 Å². The van der Waals surface area contributed by atoms with Gasteiger partial charge in [-0.3, -0.25) is 4.79 Å². The lowest BCUT2D eigenvalue weighted by Gasteiger charge is -2.11. The molecule has 2 aromatic rings. The third-order valence-corrected chi connectivity index (χ3v) is 2.69. The number of hydrogen-bond donors (Lipinski definition) is 1. The maximum absolute atomic E-state index is 11.7. The number of ether oxygens (including phenoxy) is 1. The SMILES string of the molecule is COc1ccc2nc(C(C)C(=O)[O-])c(=O)[nH]c2c1. The standard InChI is InChI=1S/C12H12N2O4/c1-6(12(16)17)10-11(15)14-9-5-7(18-2)3-4-8(9)13-10/h3-6H,1-2H3,(H,14,15)(H,16,17)/p-1. The normalized spacial score (nSPS) is 12.3. The number of benzene rings is 1. The zero-order valence-electron chi connectivity index (χ0n) is 9.89. The summed E-state index contributed by atoms with van der Waals surface area (Å²) in [6.07, 6.45) is 0. The largest absolute Gasteiger partial charge is 0.549 e. The van der Waals surface area contributed by atoms with Crippen LogP contribution in [-0.2, 0) is 4.79 Å². The zero-order chi connectivity index (χ0) is 13.3. The summed E-state index contributed by atoms with van der Waals surface area (Å²) in [6.45, 7) is 1.36. The highest BCUT2D eigenvalue weighted by Gasteiger charge is 2.14. The summed E-state index contributed by atoms with van der Waals surface area (Å²) in [7, 11) is 1.51. The van der Waals surface area contributed by atoms with E-state index < -0.39 is 17.4 Å². The fraction of sp³-hybridized carbons (Fsp3) is 0.250. The number of rotatable bonds is 3. The zero-order valence-corrected chi connectivity index (χ0v) is 9.89. The molecule has 1 aromatic carbocycles. The van der Waals surface area contributed by atoms with Crippen molar-refractivity contribution in [1.29, 1.82) is 0 Å². The number of methoxy groups -OCH3 is 1. The van der Waals surface area contributed by atoms with Crippen molar-refractivity contribution >= 4 is 17.0 Å². The molecule has 0 fully saturated rings. The Morgan fingerprint density at radius 2 is 2.22 bits per heavy atom. The van der Waals surface area contributed by atoms with Gasteiger partial charge in [-0.25, -0.2) is 4.98 Å².